The molecule has 0 N–H and O–H groups in total. The summed E-state index contributed by atoms with van der Waals surface area (Å²) in [5.74, 6) is 0. The Kier molecular flexibility index (Phi) is 32.5. The van der Waals surface area contributed by atoms with Crippen molar-refractivity contribution in [1.29, 1.82) is 0 Å². The minimum Gasteiger partial charge on any atom is -0.680 e. The van der Waals surface area contributed by atoms with E-state index in [9.17, 15) is 0 Å². The molecule has 7 aromatic rings. The van der Waals surface area contributed by atoms with Crippen molar-refractivity contribution >= 4 is 91.3 Å². The third kappa shape index (κ3) is 28.5. The number of rotatable bonds is 16. The van der Waals surface area contributed by atoms with Crippen LogP contribution in [0, 0.1) is 38.5 Å². The first-order valence-corrected chi connectivity index (χ1v) is 44.9. The first-order chi connectivity index (χ1) is 36.5. The molecule has 3 heterocycles. The number of hydrogen-bond donors (Lipinski definition) is 0. The first kappa shape index (κ1) is 71.3. The third-order valence-electron chi connectivity index (χ3n) is 11.2. The SMILES string of the molecule is C1CCOC1.C[Si](C)(C)CC([N-]c1ccccc1P(c1ccccc1)c1ccccc1)[C]1[CH][CH][CH][N]1.C[Si](C)(C)CC([N-]c1ccccc1P(c1ccccc1)c1ccccc1)c1ccc[n-]1.[CH2-][Si](C)(C)C.[CH2-][Si](C)(C)C.[Y+3].[Y+3]. The minimum atomic E-state index is -1.33. The molecule has 1 aromatic heterocycles. The van der Waals surface area contributed by atoms with Gasteiger partial charge in [-0.2, -0.15) is 11.9 Å². The van der Waals surface area contributed by atoms with E-state index < -0.39 is 48.1 Å². The Labute approximate surface area is 538 Å². The van der Waals surface area contributed by atoms with E-state index in [-0.39, 0.29) is 77.5 Å². The zero-order valence-corrected chi connectivity index (χ0v) is 61.2. The number of para-hydroxylation sites is 2. The maximum Gasteiger partial charge on any atom is 3.00 e. The van der Waals surface area contributed by atoms with Crippen LogP contribution < -0.4 is 42.1 Å². The van der Waals surface area contributed by atoms with Crippen molar-refractivity contribution in [2.45, 2.75) is 116 Å². The molecule has 2 aliphatic heterocycles. The summed E-state index contributed by atoms with van der Waals surface area (Å²) in [6.07, 6.45) is 8.58. The summed E-state index contributed by atoms with van der Waals surface area (Å²) in [7, 11) is -5.77. The smallest absolute Gasteiger partial charge is 0.680 e. The molecule has 5 nitrogen and oxygen atoms in total. The summed E-state index contributed by atoms with van der Waals surface area (Å²) < 4.78 is 4.94. The third-order valence-corrected chi connectivity index (χ3v) is 19.4. The van der Waals surface area contributed by atoms with Crippen molar-refractivity contribution in [3.63, 3.8) is 0 Å². The molecule has 0 saturated carbocycles. The predicted octanol–water partition coefficient (Wildman–Crippen LogP) is 16.6. The van der Waals surface area contributed by atoms with Gasteiger partial charge in [0.2, 0.25) is 0 Å². The fourth-order valence-electron chi connectivity index (χ4n) is 8.15. The summed E-state index contributed by atoms with van der Waals surface area (Å²) >= 11 is 0. The van der Waals surface area contributed by atoms with Gasteiger partial charge in [0.05, 0.1) is 0 Å². The molecule has 13 heteroatoms. The van der Waals surface area contributed by atoms with Gasteiger partial charge in [-0.1, -0.05) is 279 Å². The Morgan fingerprint density at radius 1 is 0.481 bits per heavy atom. The molecule has 2 unspecified atom stereocenters. The number of benzene rings is 6. The summed E-state index contributed by atoms with van der Waals surface area (Å²) in [4.78, 5) is 4.62. The summed E-state index contributed by atoms with van der Waals surface area (Å²) in [5, 5.41) is 23.3. The van der Waals surface area contributed by atoms with Crippen LogP contribution in [0.15, 0.2) is 188 Å². The van der Waals surface area contributed by atoms with Crippen LogP contribution in [-0.4, -0.2) is 51.6 Å². The van der Waals surface area contributed by atoms with E-state index in [4.69, 9.17) is 15.4 Å². The molecule has 0 amide bonds. The van der Waals surface area contributed by atoms with Gasteiger partial charge in [0.1, 0.15) is 0 Å². The number of ether oxygens (including phenoxy) is 1. The molecule has 79 heavy (non-hydrogen) atoms. The van der Waals surface area contributed by atoms with E-state index in [0.717, 1.165) is 48.4 Å². The molecule has 6 aromatic carbocycles. The van der Waals surface area contributed by atoms with E-state index in [1.165, 1.54) is 44.7 Å². The van der Waals surface area contributed by atoms with Crippen LogP contribution in [0.5, 0.6) is 0 Å². The maximum absolute atomic E-state index is 5.35. The average molecular weight is 1310 g/mol. The molecule has 2 saturated heterocycles. The van der Waals surface area contributed by atoms with E-state index in [0.29, 0.717) is 0 Å². The van der Waals surface area contributed by atoms with Gasteiger partial charge >= 0.3 is 65.4 Å². The van der Waals surface area contributed by atoms with Crippen LogP contribution in [0.1, 0.15) is 24.6 Å². The van der Waals surface area contributed by atoms with Crippen LogP contribution in [-0.2, 0) is 70.2 Å². The molecule has 9 rings (SSSR count). The van der Waals surface area contributed by atoms with E-state index in [1.807, 2.05) is 25.2 Å². The zero-order chi connectivity index (χ0) is 55.9. The van der Waals surface area contributed by atoms with Crippen LogP contribution in [0.3, 0.4) is 0 Å². The fourth-order valence-corrected chi connectivity index (χ4v) is 15.9. The Hall–Kier alpha value is -1.94. The molecule has 0 bridgehead atoms. The maximum atomic E-state index is 5.35. The van der Waals surface area contributed by atoms with Gasteiger partial charge in [-0.15, -0.1) is 33.6 Å². The predicted molar refractivity (Wildman–Crippen MR) is 355 cm³/mol. The summed E-state index contributed by atoms with van der Waals surface area (Å²) in [6, 6.07) is 68.4. The molecule has 409 valence electrons. The average Bonchev–Trinajstić information content (AvgIpc) is 4.23. The topological polar surface area (TPSA) is 65.6 Å². The Balaban J connectivity index is 0.000000322. The second-order valence-electron chi connectivity index (χ2n) is 24.4. The normalized spacial score (nSPS) is 14.2. The second-order valence-corrected chi connectivity index (χ2v) is 50.0. The monoisotopic (exact) mass is 1300 g/mol. The van der Waals surface area contributed by atoms with Crippen molar-refractivity contribution in [2.75, 3.05) is 13.2 Å². The van der Waals surface area contributed by atoms with E-state index in [2.05, 4.69) is 284 Å². The minimum absolute atomic E-state index is 0. The Bertz CT molecular complexity index is 2560. The van der Waals surface area contributed by atoms with Gasteiger partial charge in [0.15, 0.2) is 0 Å². The number of nitrogens with zero attached hydrogens (tertiary/aromatic N) is 4. The van der Waals surface area contributed by atoms with E-state index >= 15 is 0 Å². The molecule has 2 fully saturated rings. The van der Waals surface area contributed by atoms with Gasteiger partial charge in [-0.3, -0.25) is 0 Å². The second kappa shape index (κ2) is 36.0. The summed E-state index contributed by atoms with van der Waals surface area (Å²) in [6.45, 7) is 39.4. The zero-order valence-electron chi connectivity index (χ0n) is 49.7. The van der Waals surface area contributed by atoms with Gasteiger partial charge in [0, 0.05) is 41.9 Å². The number of hydrogen-bond acceptors (Lipinski definition) is 1. The van der Waals surface area contributed by atoms with Crippen molar-refractivity contribution in [3.05, 3.63) is 243 Å². The first-order valence-electron chi connectivity index (χ1n) is 27.4. The van der Waals surface area contributed by atoms with Crippen LogP contribution in [0.25, 0.3) is 10.6 Å². The fraction of sp³-hybridized carbons (Fsp3) is 0.303. The largest absolute Gasteiger partial charge is 3.00 e. The molecular weight excluding hydrogens is 1220 g/mol. The van der Waals surface area contributed by atoms with Crippen molar-refractivity contribution in [1.82, 2.24) is 10.3 Å². The number of aromatic nitrogens is 1. The molecule has 0 aliphatic carbocycles. The molecular formula is C66H88N4OP2Si4Y2+. The van der Waals surface area contributed by atoms with E-state index in [1.54, 1.807) is 0 Å². The van der Waals surface area contributed by atoms with Gasteiger partial charge < -0.3 is 33.4 Å². The van der Waals surface area contributed by atoms with Crippen LogP contribution >= 0.6 is 15.8 Å². The van der Waals surface area contributed by atoms with Gasteiger partial charge in [-0.05, 0) is 73.4 Å². The van der Waals surface area contributed by atoms with Crippen LogP contribution in [0.2, 0.25) is 90.7 Å². The van der Waals surface area contributed by atoms with Gasteiger partial charge in [0.25, 0.3) is 0 Å². The van der Waals surface area contributed by atoms with Crippen molar-refractivity contribution in [2.24, 2.45) is 0 Å². The quantitative estimate of drug-likeness (QED) is 0.0550. The van der Waals surface area contributed by atoms with Gasteiger partial charge in [-0.25, -0.2) is 5.32 Å². The standard InChI is InChI=1S/2C27H29N2PSi.C4H8O.2C4H11Si.2Y/c2*1-31(2,3)21-26(24-18-12-20-28-24)29-25-17-10-11-19-27(25)30(22-13-6-4-7-14-22)23-15-8-5-9-16-23;1-2-4-5-3-1;2*1-5(2,3)4;;/h2*4-20,26H,21H2,1-3H3;1-4H2;2*1H2,2-4H3;;/q-2;-1;;2*-1;2*+3. The molecule has 0 spiro atoms. The molecule has 2 aliphatic rings. The molecule has 2 atom stereocenters. The molecule has 5 radical (unpaired) electrons. The Morgan fingerprint density at radius 3 is 1.13 bits per heavy atom. The van der Waals surface area contributed by atoms with Crippen molar-refractivity contribution < 1.29 is 70.2 Å². The summed E-state index contributed by atoms with van der Waals surface area (Å²) in [5.41, 5.74) is 3.26. The Morgan fingerprint density at radius 2 is 0.823 bits per heavy atom. The van der Waals surface area contributed by atoms with Crippen LogP contribution in [0.4, 0.5) is 11.4 Å². The van der Waals surface area contributed by atoms with Crippen molar-refractivity contribution in [3.8, 4) is 0 Å².